The molecule has 13 heavy (non-hydrogen) atoms. The Hall–Kier alpha value is 0.480. The lowest BCUT2D eigenvalue weighted by Gasteiger charge is -2.34. The molecule has 1 aliphatic rings. The van der Waals surface area contributed by atoms with Gasteiger partial charge in [0.25, 0.3) is 0 Å². The molecule has 0 N–H and O–H groups in total. The van der Waals surface area contributed by atoms with Crippen molar-refractivity contribution in [2.24, 2.45) is 17.3 Å². The van der Waals surface area contributed by atoms with E-state index in [2.05, 4.69) is 36.7 Å². The fourth-order valence-electron chi connectivity index (χ4n) is 2.32. The van der Waals surface area contributed by atoms with E-state index in [-0.39, 0.29) is 0 Å². The Labute approximate surface area is 91.6 Å². The van der Waals surface area contributed by atoms with Gasteiger partial charge in [0.05, 0.1) is 0 Å². The number of rotatable bonds is 4. The quantitative estimate of drug-likeness (QED) is 0.635. The SMILES string of the molecule is CC(C)C(C)(CBr)CC1CCCC1. The zero-order chi connectivity index (χ0) is 9.90. The van der Waals surface area contributed by atoms with Gasteiger partial charge in [-0.05, 0) is 23.7 Å². The topological polar surface area (TPSA) is 0 Å². The molecule has 0 aromatic carbocycles. The maximum absolute atomic E-state index is 3.68. The van der Waals surface area contributed by atoms with Crippen molar-refractivity contribution in [2.45, 2.75) is 52.9 Å². The van der Waals surface area contributed by atoms with Gasteiger partial charge in [0.1, 0.15) is 0 Å². The van der Waals surface area contributed by atoms with Crippen LogP contribution in [0.15, 0.2) is 0 Å². The Bertz CT molecular complexity index is 147. The minimum Gasteiger partial charge on any atom is -0.0922 e. The lowest BCUT2D eigenvalue weighted by atomic mass is 9.74. The molecule has 0 amide bonds. The fraction of sp³-hybridized carbons (Fsp3) is 1.00. The number of hydrogen-bond acceptors (Lipinski definition) is 0. The third kappa shape index (κ3) is 2.97. The van der Waals surface area contributed by atoms with Crippen LogP contribution in [0, 0.1) is 17.3 Å². The highest BCUT2D eigenvalue weighted by molar-refractivity contribution is 9.09. The van der Waals surface area contributed by atoms with Crippen LogP contribution >= 0.6 is 15.9 Å². The van der Waals surface area contributed by atoms with Gasteiger partial charge in [0, 0.05) is 5.33 Å². The Balaban J connectivity index is 2.46. The molecule has 0 spiro atoms. The van der Waals surface area contributed by atoms with E-state index >= 15 is 0 Å². The van der Waals surface area contributed by atoms with E-state index in [0.29, 0.717) is 5.41 Å². The Morgan fingerprint density at radius 2 is 1.85 bits per heavy atom. The van der Waals surface area contributed by atoms with E-state index in [1.165, 1.54) is 32.1 Å². The Morgan fingerprint density at radius 3 is 2.23 bits per heavy atom. The molecule has 0 aliphatic heterocycles. The van der Waals surface area contributed by atoms with Crippen molar-refractivity contribution in [3.8, 4) is 0 Å². The molecular weight excluding hydrogens is 224 g/mol. The van der Waals surface area contributed by atoms with Gasteiger partial charge in [0.15, 0.2) is 0 Å². The van der Waals surface area contributed by atoms with E-state index in [1.807, 2.05) is 0 Å². The summed E-state index contributed by atoms with van der Waals surface area (Å²) in [6, 6.07) is 0. The van der Waals surface area contributed by atoms with Crippen molar-refractivity contribution in [3.05, 3.63) is 0 Å². The summed E-state index contributed by atoms with van der Waals surface area (Å²) in [4.78, 5) is 0. The van der Waals surface area contributed by atoms with Crippen LogP contribution < -0.4 is 0 Å². The minimum atomic E-state index is 0.523. The summed E-state index contributed by atoms with van der Waals surface area (Å²) in [7, 11) is 0. The van der Waals surface area contributed by atoms with Crippen molar-refractivity contribution < 1.29 is 0 Å². The van der Waals surface area contributed by atoms with Crippen LogP contribution in [-0.2, 0) is 0 Å². The second kappa shape index (κ2) is 4.82. The number of hydrogen-bond donors (Lipinski definition) is 0. The second-order valence-electron chi connectivity index (χ2n) is 5.30. The summed E-state index contributed by atoms with van der Waals surface area (Å²) in [5.41, 5.74) is 0.523. The zero-order valence-corrected chi connectivity index (χ0v) is 10.9. The van der Waals surface area contributed by atoms with Crippen molar-refractivity contribution >= 4 is 15.9 Å². The second-order valence-corrected chi connectivity index (χ2v) is 5.86. The summed E-state index contributed by atoms with van der Waals surface area (Å²) >= 11 is 3.68. The standard InChI is InChI=1S/C12H23Br/c1-10(2)12(3,9-13)8-11-6-4-5-7-11/h10-11H,4-9H2,1-3H3. The summed E-state index contributed by atoms with van der Waals surface area (Å²) in [5.74, 6) is 1.82. The van der Waals surface area contributed by atoms with Gasteiger partial charge in [-0.2, -0.15) is 0 Å². The number of halogens is 1. The summed E-state index contributed by atoms with van der Waals surface area (Å²) in [6.45, 7) is 7.15. The van der Waals surface area contributed by atoms with Gasteiger partial charge in [0.2, 0.25) is 0 Å². The lowest BCUT2D eigenvalue weighted by Crippen LogP contribution is -2.27. The lowest BCUT2D eigenvalue weighted by molar-refractivity contribution is 0.197. The molecule has 0 aromatic heterocycles. The van der Waals surface area contributed by atoms with Crippen molar-refractivity contribution in [3.63, 3.8) is 0 Å². The molecule has 0 saturated heterocycles. The third-order valence-corrected chi connectivity index (χ3v) is 5.21. The van der Waals surface area contributed by atoms with Gasteiger partial charge in [-0.25, -0.2) is 0 Å². The van der Waals surface area contributed by atoms with Crippen LogP contribution in [0.1, 0.15) is 52.9 Å². The molecule has 1 rings (SSSR count). The first-order valence-corrected chi connectivity index (χ1v) is 6.76. The average Bonchev–Trinajstić information content (AvgIpc) is 2.56. The van der Waals surface area contributed by atoms with Crippen LogP contribution in [0.3, 0.4) is 0 Å². The molecule has 78 valence electrons. The molecule has 0 bridgehead atoms. The summed E-state index contributed by atoms with van der Waals surface area (Å²) in [5, 5.41) is 1.16. The number of alkyl halides is 1. The van der Waals surface area contributed by atoms with Crippen LogP contribution in [0.2, 0.25) is 0 Å². The highest BCUT2D eigenvalue weighted by Gasteiger charge is 2.31. The summed E-state index contributed by atoms with van der Waals surface area (Å²) < 4.78 is 0. The third-order valence-electron chi connectivity index (χ3n) is 3.93. The van der Waals surface area contributed by atoms with E-state index in [4.69, 9.17) is 0 Å². The maximum Gasteiger partial charge on any atom is 0.00878 e. The van der Waals surface area contributed by atoms with E-state index in [0.717, 1.165) is 17.2 Å². The zero-order valence-electron chi connectivity index (χ0n) is 9.28. The van der Waals surface area contributed by atoms with Gasteiger partial charge in [-0.3, -0.25) is 0 Å². The monoisotopic (exact) mass is 246 g/mol. The van der Waals surface area contributed by atoms with Crippen LogP contribution in [0.4, 0.5) is 0 Å². The van der Waals surface area contributed by atoms with E-state index < -0.39 is 0 Å². The van der Waals surface area contributed by atoms with Crippen LogP contribution in [-0.4, -0.2) is 5.33 Å². The molecular formula is C12H23Br. The first kappa shape index (κ1) is 11.6. The Kier molecular flexibility index (Phi) is 4.28. The van der Waals surface area contributed by atoms with Gasteiger partial charge in [-0.1, -0.05) is 62.4 Å². The molecule has 0 radical (unpaired) electrons. The first-order valence-electron chi connectivity index (χ1n) is 5.64. The highest BCUT2D eigenvalue weighted by Crippen LogP contribution is 2.41. The molecule has 1 aliphatic carbocycles. The predicted molar refractivity (Wildman–Crippen MR) is 63.3 cm³/mol. The molecule has 1 heteroatoms. The van der Waals surface area contributed by atoms with Crippen LogP contribution in [0.5, 0.6) is 0 Å². The fourth-order valence-corrected chi connectivity index (χ4v) is 3.19. The molecule has 1 atom stereocenters. The van der Waals surface area contributed by atoms with Gasteiger partial charge < -0.3 is 0 Å². The maximum atomic E-state index is 3.68. The van der Waals surface area contributed by atoms with E-state index in [9.17, 15) is 0 Å². The molecule has 1 fully saturated rings. The van der Waals surface area contributed by atoms with Gasteiger partial charge >= 0.3 is 0 Å². The highest BCUT2D eigenvalue weighted by atomic mass is 79.9. The van der Waals surface area contributed by atoms with Crippen LogP contribution in [0.25, 0.3) is 0 Å². The smallest absolute Gasteiger partial charge is 0.00878 e. The first-order chi connectivity index (χ1) is 6.08. The largest absolute Gasteiger partial charge is 0.0922 e. The molecule has 0 aromatic rings. The minimum absolute atomic E-state index is 0.523. The molecule has 1 saturated carbocycles. The van der Waals surface area contributed by atoms with Gasteiger partial charge in [-0.15, -0.1) is 0 Å². The van der Waals surface area contributed by atoms with Crippen molar-refractivity contribution in [2.75, 3.05) is 5.33 Å². The molecule has 1 unspecified atom stereocenters. The molecule has 0 heterocycles. The summed E-state index contributed by atoms with van der Waals surface area (Å²) in [6.07, 6.45) is 7.34. The normalized spacial score (nSPS) is 23.8. The Morgan fingerprint density at radius 1 is 1.31 bits per heavy atom. The van der Waals surface area contributed by atoms with E-state index in [1.54, 1.807) is 0 Å². The predicted octanol–water partition coefficient (Wildman–Crippen LogP) is 4.62. The average molecular weight is 247 g/mol. The van der Waals surface area contributed by atoms with Crippen molar-refractivity contribution in [1.82, 2.24) is 0 Å². The van der Waals surface area contributed by atoms with Crippen molar-refractivity contribution in [1.29, 1.82) is 0 Å². The molecule has 0 nitrogen and oxygen atoms in total.